The van der Waals surface area contributed by atoms with Gasteiger partial charge in [0.25, 0.3) is 5.91 Å². The van der Waals surface area contributed by atoms with Crippen LogP contribution in [0.2, 0.25) is 0 Å². The lowest BCUT2D eigenvalue weighted by molar-refractivity contribution is 0.0942. The third-order valence-electron chi connectivity index (χ3n) is 3.88. The largest absolute Gasteiger partial charge is 0.351 e. The van der Waals surface area contributed by atoms with Gasteiger partial charge in [0.2, 0.25) is 0 Å². The second kappa shape index (κ2) is 5.95. The van der Waals surface area contributed by atoms with Crippen LogP contribution in [0.25, 0.3) is 0 Å². The van der Waals surface area contributed by atoms with E-state index in [-0.39, 0.29) is 11.3 Å². The predicted molar refractivity (Wildman–Crippen MR) is 79.8 cm³/mol. The first-order valence-electron chi connectivity index (χ1n) is 7.41. The van der Waals surface area contributed by atoms with Crippen LogP contribution >= 0.6 is 0 Å². The molecule has 1 saturated heterocycles. The molecule has 1 fully saturated rings. The fourth-order valence-electron chi connectivity index (χ4n) is 2.49. The summed E-state index contributed by atoms with van der Waals surface area (Å²) in [5.41, 5.74) is 1.55. The van der Waals surface area contributed by atoms with Crippen LogP contribution in [0.4, 0.5) is 0 Å². The van der Waals surface area contributed by atoms with Crippen LogP contribution in [0.15, 0.2) is 6.07 Å². The van der Waals surface area contributed by atoms with E-state index in [1.807, 2.05) is 13.1 Å². The molecule has 20 heavy (non-hydrogen) atoms. The van der Waals surface area contributed by atoms with Gasteiger partial charge in [-0.1, -0.05) is 20.8 Å². The van der Waals surface area contributed by atoms with E-state index in [0.717, 1.165) is 31.7 Å². The highest BCUT2D eigenvalue weighted by Crippen LogP contribution is 2.21. The Morgan fingerprint density at radius 1 is 1.55 bits per heavy atom. The summed E-state index contributed by atoms with van der Waals surface area (Å²) < 4.78 is 1.67. The Morgan fingerprint density at radius 3 is 2.85 bits per heavy atom. The van der Waals surface area contributed by atoms with Crippen LogP contribution < -0.4 is 10.6 Å². The van der Waals surface area contributed by atoms with Gasteiger partial charge in [0.15, 0.2) is 0 Å². The van der Waals surface area contributed by atoms with Crippen molar-refractivity contribution in [3.8, 4) is 0 Å². The van der Waals surface area contributed by atoms with Gasteiger partial charge < -0.3 is 10.6 Å². The zero-order valence-electron chi connectivity index (χ0n) is 13.0. The molecule has 1 amide bonds. The van der Waals surface area contributed by atoms with E-state index in [2.05, 4.69) is 36.5 Å². The van der Waals surface area contributed by atoms with Crippen LogP contribution in [0.3, 0.4) is 0 Å². The first-order chi connectivity index (χ1) is 9.38. The quantitative estimate of drug-likeness (QED) is 0.876. The van der Waals surface area contributed by atoms with Gasteiger partial charge in [-0.2, -0.15) is 5.10 Å². The standard InChI is InChI=1S/C15H26N4O/c1-15(2,3)13-9-12(19(4)18-13)14(20)17-8-6-11-5-7-16-10-11/h9,11,16H,5-8,10H2,1-4H3,(H,17,20). The molecule has 2 heterocycles. The number of nitrogens with one attached hydrogen (secondary N) is 2. The van der Waals surface area contributed by atoms with Gasteiger partial charge in [-0.05, 0) is 37.9 Å². The van der Waals surface area contributed by atoms with E-state index in [4.69, 9.17) is 0 Å². The maximum atomic E-state index is 12.2. The lowest BCUT2D eigenvalue weighted by Gasteiger charge is -2.13. The van der Waals surface area contributed by atoms with Gasteiger partial charge in [-0.25, -0.2) is 0 Å². The average molecular weight is 278 g/mol. The van der Waals surface area contributed by atoms with Crippen LogP contribution in [0.1, 0.15) is 49.8 Å². The van der Waals surface area contributed by atoms with E-state index in [0.29, 0.717) is 11.6 Å². The Kier molecular flexibility index (Phi) is 4.48. The minimum atomic E-state index is -0.0359. The number of aryl methyl sites for hydroxylation is 1. The monoisotopic (exact) mass is 278 g/mol. The normalized spacial score (nSPS) is 19.3. The van der Waals surface area contributed by atoms with Crippen LogP contribution in [-0.2, 0) is 12.5 Å². The zero-order valence-corrected chi connectivity index (χ0v) is 13.0. The smallest absolute Gasteiger partial charge is 0.269 e. The molecule has 0 saturated carbocycles. The first-order valence-corrected chi connectivity index (χ1v) is 7.41. The molecule has 1 atom stereocenters. The molecule has 1 aromatic rings. The van der Waals surface area contributed by atoms with Crippen molar-refractivity contribution in [2.45, 2.75) is 39.0 Å². The fraction of sp³-hybridized carbons (Fsp3) is 0.733. The highest BCUT2D eigenvalue weighted by Gasteiger charge is 2.21. The van der Waals surface area contributed by atoms with Crippen molar-refractivity contribution >= 4 is 5.91 Å². The fourth-order valence-corrected chi connectivity index (χ4v) is 2.49. The lowest BCUT2D eigenvalue weighted by Crippen LogP contribution is -2.28. The topological polar surface area (TPSA) is 59.0 Å². The molecule has 1 unspecified atom stereocenters. The number of hydrogen-bond acceptors (Lipinski definition) is 3. The highest BCUT2D eigenvalue weighted by molar-refractivity contribution is 5.92. The second-order valence-corrected chi connectivity index (χ2v) is 6.69. The molecule has 0 radical (unpaired) electrons. The van der Waals surface area contributed by atoms with Crippen molar-refractivity contribution in [1.82, 2.24) is 20.4 Å². The maximum absolute atomic E-state index is 12.2. The summed E-state index contributed by atoms with van der Waals surface area (Å²) in [5.74, 6) is 0.674. The molecule has 2 rings (SSSR count). The van der Waals surface area contributed by atoms with Gasteiger partial charge >= 0.3 is 0 Å². The first kappa shape index (κ1) is 15.0. The average Bonchev–Trinajstić information content (AvgIpc) is 2.97. The summed E-state index contributed by atoms with van der Waals surface area (Å²) in [6.45, 7) is 9.23. The minimum Gasteiger partial charge on any atom is -0.351 e. The molecule has 0 aliphatic carbocycles. The number of amides is 1. The summed E-state index contributed by atoms with van der Waals surface area (Å²) >= 11 is 0. The SMILES string of the molecule is Cn1nc(C(C)(C)C)cc1C(=O)NCCC1CCNC1. The van der Waals surface area contributed by atoms with Gasteiger partial charge in [0.1, 0.15) is 5.69 Å². The molecular formula is C15H26N4O. The highest BCUT2D eigenvalue weighted by atomic mass is 16.2. The van der Waals surface area contributed by atoms with Gasteiger partial charge in [-0.3, -0.25) is 9.48 Å². The van der Waals surface area contributed by atoms with Gasteiger partial charge in [0, 0.05) is 19.0 Å². The molecule has 1 aromatic heterocycles. The minimum absolute atomic E-state index is 0.0264. The number of nitrogens with zero attached hydrogens (tertiary/aromatic N) is 2. The van der Waals surface area contributed by atoms with Crippen molar-refractivity contribution in [3.63, 3.8) is 0 Å². The van der Waals surface area contributed by atoms with Crippen LogP contribution in [0, 0.1) is 5.92 Å². The van der Waals surface area contributed by atoms with E-state index < -0.39 is 0 Å². The molecule has 0 spiro atoms. The Morgan fingerprint density at radius 2 is 2.30 bits per heavy atom. The summed E-state index contributed by atoms with van der Waals surface area (Å²) in [7, 11) is 1.82. The maximum Gasteiger partial charge on any atom is 0.269 e. The number of carbonyl (C=O) groups excluding carboxylic acids is 1. The Hall–Kier alpha value is -1.36. The summed E-state index contributed by atoms with van der Waals surface area (Å²) in [6, 6.07) is 1.90. The molecule has 1 aliphatic rings. The van der Waals surface area contributed by atoms with E-state index in [1.54, 1.807) is 4.68 Å². The van der Waals surface area contributed by atoms with E-state index >= 15 is 0 Å². The number of hydrogen-bond donors (Lipinski definition) is 2. The lowest BCUT2D eigenvalue weighted by atomic mass is 9.92. The molecule has 1 aliphatic heterocycles. The Balaban J connectivity index is 1.90. The molecule has 0 bridgehead atoms. The van der Waals surface area contributed by atoms with Crippen molar-refractivity contribution in [1.29, 1.82) is 0 Å². The third kappa shape index (κ3) is 3.60. The van der Waals surface area contributed by atoms with Crippen molar-refractivity contribution < 1.29 is 4.79 Å². The van der Waals surface area contributed by atoms with Crippen molar-refractivity contribution in [2.75, 3.05) is 19.6 Å². The predicted octanol–water partition coefficient (Wildman–Crippen LogP) is 1.45. The Labute approximate surface area is 121 Å². The molecule has 5 heteroatoms. The van der Waals surface area contributed by atoms with Crippen LogP contribution in [0.5, 0.6) is 0 Å². The molecule has 0 aromatic carbocycles. The third-order valence-corrected chi connectivity index (χ3v) is 3.88. The molecule has 112 valence electrons. The number of rotatable bonds is 4. The van der Waals surface area contributed by atoms with E-state index in [1.165, 1.54) is 6.42 Å². The molecule has 5 nitrogen and oxygen atoms in total. The molecule has 2 N–H and O–H groups in total. The van der Waals surface area contributed by atoms with Crippen LogP contribution in [-0.4, -0.2) is 35.3 Å². The Bertz CT molecular complexity index is 467. The van der Waals surface area contributed by atoms with Crippen molar-refractivity contribution in [2.24, 2.45) is 13.0 Å². The number of aromatic nitrogens is 2. The van der Waals surface area contributed by atoms with E-state index in [9.17, 15) is 4.79 Å². The van der Waals surface area contributed by atoms with Crippen molar-refractivity contribution in [3.05, 3.63) is 17.5 Å². The summed E-state index contributed by atoms with van der Waals surface area (Å²) in [6.07, 6.45) is 2.26. The molecular weight excluding hydrogens is 252 g/mol. The zero-order chi connectivity index (χ0) is 14.8. The number of carbonyl (C=O) groups is 1. The van der Waals surface area contributed by atoms with Gasteiger partial charge in [-0.15, -0.1) is 0 Å². The van der Waals surface area contributed by atoms with Gasteiger partial charge in [0.05, 0.1) is 5.69 Å². The summed E-state index contributed by atoms with van der Waals surface area (Å²) in [4.78, 5) is 12.2. The summed E-state index contributed by atoms with van der Waals surface area (Å²) in [5, 5.41) is 10.8. The second-order valence-electron chi connectivity index (χ2n) is 6.69.